The molecule has 29 heavy (non-hydrogen) atoms. The molecule has 1 aliphatic carbocycles. The van der Waals surface area contributed by atoms with E-state index in [1.54, 1.807) is 12.1 Å². The number of ketones is 1. The Labute approximate surface area is 164 Å². The van der Waals surface area contributed by atoms with Crippen molar-refractivity contribution in [1.29, 1.82) is 0 Å². The van der Waals surface area contributed by atoms with Gasteiger partial charge >= 0.3 is 6.18 Å². The molecule has 2 nitrogen and oxygen atoms in total. The Balaban J connectivity index is 1.76. The Morgan fingerprint density at radius 2 is 1.62 bits per heavy atom. The van der Waals surface area contributed by atoms with Gasteiger partial charge in [-0.15, -0.1) is 0 Å². The smallest absolute Gasteiger partial charge is 0.361 e. The molecule has 3 aromatic carbocycles. The van der Waals surface area contributed by atoms with Crippen LogP contribution < -0.4 is 5.32 Å². The molecule has 0 saturated carbocycles. The summed E-state index contributed by atoms with van der Waals surface area (Å²) in [6.45, 7) is 0. The molecule has 3 aromatic rings. The van der Waals surface area contributed by atoms with Crippen molar-refractivity contribution in [3.63, 3.8) is 0 Å². The summed E-state index contributed by atoms with van der Waals surface area (Å²) < 4.78 is 53.2. The fourth-order valence-corrected chi connectivity index (χ4v) is 3.56. The number of halogens is 4. The van der Waals surface area contributed by atoms with Crippen molar-refractivity contribution in [2.75, 3.05) is 5.32 Å². The lowest BCUT2D eigenvalue weighted by molar-refractivity contribution is -0.137. The summed E-state index contributed by atoms with van der Waals surface area (Å²) in [5.74, 6) is -1.60. The van der Waals surface area contributed by atoms with Crippen molar-refractivity contribution in [2.24, 2.45) is 0 Å². The molecular formula is C23H15F4NO. The molecule has 1 unspecified atom stereocenters. The summed E-state index contributed by atoms with van der Waals surface area (Å²) in [5, 5.41) is 2.78. The predicted octanol–water partition coefficient (Wildman–Crippen LogP) is 6.17. The number of hydrogen-bond acceptors (Lipinski definition) is 2. The molecule has 0 aromatic heterocycles. The van der Waals surface area contributed by atoms with Crippen LogP contribution in [0.2, 0.25) is 0 Å². The third-order valence-corrected chi connectivity index (χ3v) is 4.87. The van der Waals surface area contributed by atoms with Crippen LogP contribution in [0.15, 0.2) is 84.6 Å². The van der Waals surface area contributed by atoms with E-state index >= 15 is 0 Å². The van der Waals surface area contributed by atoms with Crippen LogP contribution in [0.4, 0.5) is 23.2 Å². The van der Waals surface area contributed by atoms with Gasteiger partial charge in [0.1, 0.15) is 5.82 Å². The van der Waals surface area contributed by atoms with Gasteiger partial charge in [-0.05, 0) is 35.4 Å². The highest BCUT2D eigenvalue weighted by molar-refractivity contribution is 6.15. The first-order valence-corrected chi connectivity index (χ1v) is 8.88. The number of allylic oxidation sites excluding steroid dienone is 1. The maximum absolute atomic E-state index is 14.4. The Hall–Kier alpha value is -3.41. The number of benzene rings is 3. The van der Waals surface area contributed by atoms with Crippen molar-refractivity contribution in [1.82, 2.24) is 0 Å². The normalized spacial score (nSPS) is 17.4. The number of anilines is 1. The number of carbonyl (C=O) groups excluding carboxylic acids is 1. The van der Waals surface area contributed by atoms with Crippen molar-refractivity contribution in [3.8, 4) is 0 Å². The Bertz CT molecular complexity index is 1100. The molecular weight excluding hydrogens is 382 g/mol. The fourth-order valence-electron chi connectivity index (χ4n) is 3.56. The summed E-state index contributed by atoms with van der Waals surface area (Å²) in [7, 11) is 0. The van der Waals surface area contributed by atoms with Gasteiger partial charge in [-0.3, -0.25) is 4.79 Å². The lowest BCUT2D eigenvalue weighted by atomic mass is 9.90. The van der Waals surface area contributed by atoms with Gasteiger partial charge in [0.25, 0.3) is 0 Å². The van der Waals surface area contributed by atoms with E-state index in [0.29, 0.717) is 5.56 Å². The maximum atomic E-state index is 14.4. The van der Waals surface area contributed by atoms with Crippen molar-refractivity contribution in [2.45, 2.75) is 12.1 Å². The third kappa shape index (κ3) is 3.53. The molecule has 0 fully saturated rings. The van der Waals surface area contributed by atoms with Crippen LogP contribution in [-0.4, -0.2) is 5.78 Å². The van der Waals surface area contributed by atoms with Gasteiger partial charge in [-0.25, -0.2) is 4.39 Å². The zero-order chi connectivity index (χ0) is 20.6. The molecule has 0 aliphatic heterocycles. The minimum atomic E-state index is -4.47. The van der Waals surface area contributed by atoms with Gasteiger partial charge in [-0.2, -0.15) is 13.2 Å². The van der Waals surface area contributed by atoms with Crippen LogP contribution in [-0.2, 0) is 6.18 Å². The standard InChI is InChI=1S/C23H15F4NO/c24-19-11-5-10-17-20(14-6-2-1-3-7-14)18(22(29)21(17)19)13-28-16-9-4-8-15(12-16)23(25,26)27/h1-13,20,28H. The number of Topliss-reactive ketones (excluding diaryl/α,β-unsaturated/α-hetero) is 1. The lowest BCUT2D eigenvalue weighted by Gasteiger charge is -2.14. The zero-order valence-corrected chi connectivity index (χ0v) is 15.0. The highest BCUT2D eigenvalue weighted by Crippen LogP contribution is 2.43. The molecule has 146 valence electrons. The molecule has 1 aliphatic rings. The van der Waals surface area contributed by atoms with Gasteiger partial charge in [-0.1, -0.05) is 48.5 Å². The summed E-state index contributed by atoms with van der Waals surface area (Å²) in [5.41, 5.74) is 0.990. The molecule has 4 rings (SSSR count). The van der Waals surface area contributed by atoms with Crippen LogP contribution in [0.25, 0.3) is 0 Å². The largest absolute Gasteiger partial charge is 0.416 e. The van der Waals surface area contributed by atoms with Crippen molar-refractivity contribution in [3.05, 3.63) is 113 Å². The summed E-state index contributed by atoms with van der Waals surface area (Å²) in [6, 6.07) is 18.3. The second-order valence-electron chi connectivity index (χ2n) is 6.70. The van der Waals surface area contributed by atoms with Crippen molar-refractivity contribution < 1.29 is 22.4 Å². The van der Waals surface area contributed by atoms with E-state index in [4.69, 9.17) is 0 Å². The van der Waals surface area contributed by atoms with Crippen LogP contribution >= 0.6 is 0 Å². The highest BCUT2D eigenvalue weighted by atomic mass is 19.4. The van der Waals surface area contributed by atoms with E-state index < -0.39 is 29.3 Å². The quantitative estimate of drug-likeness (QED) is 0.423. The van der Waals surface area contributed by atoms with Gasteiger partial charge in [0.05, 0.1) is 11.1 Å². The fraction of sp³-hybridized carbons (Fsp3) is 0.0870. The molecule has 0 bridgehead atoms. The highest BCUT2D eigenvalue weighted by Gasteiger charge is 2.37. The average molecular weight is 397 g/mol. The number of rotatable bonds is 3. The van der Waals surface area contributed by atoms with E-state index in [0.717, 1.165) is 17.7 Å². The Kier molecular flexibility index (Phi) is 4.70. The minimum absolute atomic E-state index is 0.00144. The topological polar surface area (TPSA) is 29.1 Å². The molecule has 0 heterocycles. The molecule has 0 radical (unpaired) electrons. The van der Waals surface area contributed by atoms with Crippen LogP contribution in [0, 0.1) is 5.82 Å². The Morgan fingerprint density at radius 1 is 0.897 bits per heavy atom. The lowest BCUT2D eigenvalue weighted by Crippen LogP contribution is -2.07. The zero-order valence-electron chi connectivity index (χ0n) is 15.0. The maximum Gasteiger partial charge on any atom is 0.416 e. The SMILES string of the molecule is O=C1C(=CNc2cccc(C(F)(F)F)c2)C(c2ccccc2)c2cccc(F)c21. The first kappa shape index (κ1) is 18.9. The molecule has 1 atom stereocenters. The van der Waals surface area contributed by atoms with E-state index in [2.05, 4.69) is 5.32 Å². The number of alkyl halides is 3. The summed E-state index contributed by atoms with van der Waals surface area (Å²) in [4.78, 5) is 12.9. The monoisotopic (exact) mass is 397 g/mol. The molecule has 0 spiro atoms. The molecule has 6 heteroatoms. The second-order valence-corrected chi connectivity index (χ2v) is 6.70. The first-order valence-electron chi connectivity index (χ1n) is 8.88. The van der Waals surface area contributed by atoms with E-state index in [1.165, 1.54) is 24.4 Å². The summed E-state index contributed by atoms with van der Waals surface area (Å²) in [6.07, 6.45) is -3.10. The van der Waals surface area contributed by atoms with Crippen LogP contribution in [0.3, 0.4) is 0 Å². The molecule has 1 N–H and O–H groups in total. The first-order chi connectivity index (χ1) is 13.9. The van der Waals surface area contributed by atoms with Gasteiger partial charge < -0.3 is 5.32 Å². The Morgan fingerprint density at radius 3 is 2.34 bits per heavy atom. The average Bonchev–Trinajstić information content (AvgIpc) is 2.99. The van der Waals surface area contributed by atoms with E-state index in [1.807, 2.05) is 30.3 Å². The summed E-state index contributed by atoms with van der Waals surface area (Å²) >= 11 is 0. The van der Waals surface area contributed by atoms with Crippen LogP contribution in [0.5, 0.6) is 0 Å². The van der Waals surface area contributed by atoms with Gasteiger partial charge in [0, 0.05) is 23.4 Å². The van der Waals surface area contributed by atoms with E-state index in [-0.39, 0.29) is 16.8 Å². The minimum Gasteiger partial charge on any atom is -0.361 e. The number of nitrogens with one attached hydrogen (secondary N) is 1. The molecule has 0 saturated heterocycles. The van der Waals surface area contributed by atoms with Gasteiger partial charge in [0.2, 0.25) is 0 Å². The second kappa shape index (κ2) is 7.20. The number of fused-ring (bicyclic) bond motifs is 1. The third-order valence-electron chi connectivity index (χ3n) is 4.87. The molecule has 0 amide bonds. The predicted molar refractivity (Wildman–Crippen MR) is 102 cm³/mol. The van der Waals surface area contributed by atoms with Gasteiger partial charge in [0.15, 0.2) is 5.78 Å². The van der Waals surface area contributed by atoms with E-state index in [9.17, 15) is 22.4 Å². The van der Waals surface area contributed by atoms with Crippen molar-refractivity contribution >= 4 is 11.5 Å². The number of carbonyl (C=O) groups is 1. The number of hydrogen-bond donors (Lipinski definition) is 1. The van der Waals surface area contributed by atoms with Crippen LogP contribution in [0.1, 0.15) is 33.0 Å².